The van der Waals surface area contributed by atoms with E-state index in [-0.39, 0.29) is 28.6 Å². The van der Waals surface area contributed by atoms with Gasteiger partial charge in [0.2, 0.25) is 3.79 Å². The highest BCUT2D eigenvalue weighted by Gasteiger charge is 2.27. The highest BCUT2D eigenvalue weighted by atomic mass is 35.6. The normalized spacial score (nSPS) is 11.8. The number of halogens is 5. The molecule has 0 aliphatic rings. The van der Waals surface area contributed by atoms with Crippen LogP contribution in [0.15, 0.2) is 66.9 Å². The maximum absolute atomic E-state index is 12.8. The number of carbonyl (C=O) groups is 3. The molecule has 40 heavy (non-hydrogen) atoms. The molecule has 0 saturated carbocycles. The van der Waals surface area contributed by atoms with Gasteiger partial charge in [-0.2, -0.15) is 0 Å². The molecule has 0 aliphatic heterocycles. The van der Waals surface area contributed by atoms with Crippen molar-refractivity contribution >= 4 is 81.8 Å². The molecule has 3 rings (SSSR count). The van der Waals surface area contributed by atoms with Crippen LogP contribution in [0.3, 0.4) is 0 Å². The van der Waals surface area contributed by atoms with Crippen LogP contribution in [0.25, 0.3) is 0 Å². The number of alkyl halides is 3. The first-order valence-corrected chi connectivity index (χ1v) is 13.7. The number of rotatable bonds is 10. The molecule has 0 bridgehead atoms. The molecule has 0 spiro atoms. The van der Waals surface area contributed by atoms with E-state index in [9.17, 15) is 14.4 Å². The van der Waals surface area contributed by atoms with E-state index in [0.29, 0.717) is 12.2 Å². The average molecular weight is 648 g/mol. The van der Waals surface area contributed by atoms with Gasteiger partial charge in [0.25, 0.3) is 5.91 Å². The van der Waals surface area contributed by atoms with Gasteiger partial charge in [-0.3, -0.25) is 9.69 Å². The fourth-order valence-electron chi connectivity index (χ4n) is 3.63. The van der Waals surface area contributed by atoms with Gasteiger partial charge >= 0.3 is 12.1 Å². The molecule has 0 aliphatic carbocycles. The van der Waals surface area contributed by atoms with Crippen LogP contribution in [0, 0.1) is 0 Å². The maximum Gasteiger partial charge on any atom is 0.415 e. The molecule has 0 fully saturated rings. The smallest absolute Gasteiger partial charge is 0.415 e. The number of ether oxygens (including phenoxy) is 2. The lowest BCUT2D eigenvalue weighted by Gasteiger charge is -2.22. The Morgan fingerprint density at radius 2 is 1.60 bits per heavy atom. The summed E-state index contributed by atoms with van der Waals surface area (Å²) in [4.78, 5) is 43.5. The van der Waals surface area contributed by atoms with Gasteiger partial charge < -0.3 is 14.8 Å². The van der Waals surface area contributed by atoms with E-state index in [1.165, 1.54) is 24.1 Å². The van der Waals surface area contributed by atoms with Crippen LogP contribution in [-0.2, 0) is 27.1 Å². The fourth-order valence-corrected chi connectivity index (χ4v) is 4.37. The Labute approximate surface area is 256 Å². The largest absolute Gasteiger partial charge is 0.467 e. The minimum absolute atomic E-state index is 0.0694. The third kappa shape index (κ3) is 9.42. The first-order valence-electron chi connectivity index (χ1n) is 11.8. The Morgan fingerprint density at radius 1 is 0.950 bits per heavy atom. The number of aromatic nitrogens is 1. The predicted molar refractivity (Wildman–Crippen MR) is 157 cm³/mol. The van der Waals surface area contributed by atoms with Crippen LogP contribution in [-0.4, -0.2) is 53.0 Å². The van der Waals surface area contributed by atoms with Gasteiger partial charge in [-0.1, -0.05) is 94.4 Å². The van der Waals surface area contributed by atoms with Gasteiger partial charge in [-0.25, -0.2) is 14.6 Å². The summed E-state index contributed by atoms with van der Waals surface area (Å²) in [6, 6.07) is 16.1. The van der Waals surface area contributed by atoms with E-state index < -0.39 is 34.4 Å². The quantitative estimate of drug-likeness (QED) is 0.201. The standard InChI is InChI=1S/C27H24Cl5N3O5/c1-39-25(37)21(34-24(36)23-19(28)5-4-6-20(23)29)15-18-10-8-17(9-11-18)12-14-35(22-7-2-3-13-33-22)26(38)40-16-27(30,31)32/h2-11,13,21H,12,14-16H2,1H3,(H,34,36)/t21-/m0/s1. The number of pyridine rings is 1. The summed E-state index contributed by atoms with van der Waals surface area (Å²) in [6.07, 6.45) is 1.44. The minimum atomic E-state index is -1.75. The highest BCUT2D eigenvalue weighted by molar-refractivity contribution is 6.67. The van der Waals surface area contributed by atoms with Crippen molar-refractivity contribution in [3.8, 4) is 0 Å². The predicted octanol–water partition coefficient (Wildman–Crippen LogP) is 6.46. The van der Waals surface area contributed by atoms with E-state index in [4.69, 9.17) is 67.5 Å². The Kier molecular flexibility index (Phi) is 11.7. The molecule has 3 aromatic rings. The zero-order chi connectivity index (χ0) is 29.3. The molecule has 1 atom stereocenters. The molecule has 1 aromatic heterocycles. The average Bonchev–Trinajstić information content (AvgIpc) is 2.92. The molecule has 212 valence electrons. The Bertz CT molecular complexity index is 1300. The number of anilines is 1. The molecule has 0 unspecified atom stereocenters. The summed E-state index contributed by atoms with van der Waals surface area (Å²) in [5, 5.41) is 2.97. The minimum Gasteiger partial charge on any atom is -0.467 e. The second kappa shape index (κ2) is 14.8. The van der Waals surface area contributed by atoms with E-state index >= 15 is 0 Å². The lowest BCUT2D eigenvalue weighted by Crippen LogP contribution is -2.43. The number of amides is 2. The molecule has 1 N–H and O–H groups in total. The second-order valence-corrected chi connectivity index (χ2v) is 11.8. The number of hydrogen-bond donors (Lipinski definition) is 1. The van der Waals surface area contributed by atoms with Crippen molar-refractivity contribution in [2.75, 3.05) is 25.2 Å². The Hall–Kier alpha value is -2.75. The van der Waals surface area contributed by atoms with Crippen molar-refractivity contribution in [3.63, 3.8) is 0 Å². The Balaban J connectivity index is 1.68. The van der Waals surface area contributed by atoms with Crippen molar-refractivity contribution in [1.29, 1.82) is 0 Å². The lowest BCUT2D eigenvalue weighted by molar-refractivity contribution is -0.142. The molecule has 2 aromatic carbocycles. The SMILES string of the molecule is COC(=O)[C@H](Cc1ccc(CCN(C(=O)OCC(Cl)(Cl)Cl)c2ccccn2)cc1)NC(=O)c1c(Cl)cccc1Cl. The summed E-state index contributed by atoms with van der Waals surface area (Å²) in [6.45, 7) is -0.191. The van der Waals surface area contributed by atoms with Crippen LogP contribution < -0.4 is 10.2 Å². The van der Waals surface area contributed by atoms with Gasteiger partial charge in [0.1, 0.15) is 18.5 Å². The third-order valence-electron chi connectivity index (χ3n) is 5.57. The zero-order valence-electron chi connectivity index (χ0n) is 21.1. The van der Waals surface area contributed by atoms with Crippen molar-refractivity contribution in [1.82, 2.24) is 10.3 Å². The number of nitrogens with one attached hydrogen (secondary N) is 1. The lowest BCUT2D eigenvalue weighted by atomic mass is 10.0. The molecular formula is C27H24Cl5N3O5. The Morgan fingerprint density at radius 3 is 2.17 bits per heavy atom. The van der Waals surface area contributed by atoms with Crippen LogP contribution in [0.4, 0.5) is 10.6 Å². The van der Waals surface area contributed by atoms with Gasteiger partial charge in [-0.05, 0) is 41.8 Å². The number of methoxy groups -OCH3 is 1. The van der Waals surface area contributed by atoms with Crippen molar-refractivity contribution < 1.29 is 23.9 Å². The first-order chi connectivity index (χ1) is 19.0. The maximum atomic E-state index is 12.8. The monoisotopic (exact) mass is 645 g/mol. The van der Waals surface area contributed by atoms with Gasteiger partial charge in [0.05, 0.1) is 22.7 Å². The second-order valence-electron chi connectivity index (χ2n) is 8.43. The van der Waals surface area contributed by atoms with Gasteiger partial charge in [0, 0.05) is 19.2 Å². The molecule has 2 amide bonds. The summed E-state index contributed by atoms with van der Waals surface area (Å²) >= 11 is 29.4. The van der Waals surface area contributed by atoms with Gasteiger partial charge in [0.15, 0.2) is 0 Å². The number of hydrogen-bond acceptors (Lipinski definition) is 6. The molecular weight excluding hydrogens is 624 g/mol. The summed E-state index contributed by atoms with van der Waals surface area (Å²) in [5.41, 5.74) is 1.72. The van der Waals surface area contributed by atoms with Gasteiger partial charge in [-0.15, -0.1) is 0 Å². The summed E-state index contributed by atoms with van der Waals surface area (Å²) in [7, 11) is 1.23. The van der Waals surface area contributed by atoms with Crippen molar-refractivity contribution in [2.24, 2.45) is 0 Å². The van der Waals surface area contributed by atoms with E-state index in [1.807, 2.05) is 24.3 Å². The molecule has 8 nitrogen and oxygen atoms in total. The van der Waals surface area contributed by atoms with Crippen LogP contribution in [0.5, 0.6) is 0 Å². The topological polar surface area (TPSA) is 97.8 Å². The van der Waals surface area contributed by atoms with Crippen LogP contribution in [0.2, 0.25) is 10.0 Å². The zero-order valence-corrected chi connectivity index (χ0v) is 24.9. The first kappa shape index (κ1) is 31.8. The van der Waals surface area contributed by atoms with E-state index in [0.717, 1.165) is 11.1 Å². The molecule has 1 heterocycles. The van der Waals surface area contributed by atoms with Crippen LogP contribution >= 0.6 is 58.0 Å². The molecule has 13 heteroatoms. The molecule has 0 saturated heterocycles. The van der Waals surface area contributed by atoms with E-state index in [1.54, 1.807) is 30.5 Å². The number of benzene rings is 2. The number of carbonyl (C=O) groups excluding carboxylic acids is 3. The highest BCUT2D eigenvalue weighted by Crippen LogP contribution is 2.27. The summed E-state index contributed by atoms with van der Waals surface area (Å²) < 4.78 is 8.27. The van der Waals surface area contributed by atoms with Crippen molar-refractivity contribution in [2.45, 2.75) is 22.7 Å². The number of nitrogens with zero attached hydrogens (tertiary/aromatic N) is 2. The van der Waals surface area contributed by atoms with E-state index in [2.05, 4.69) is 10.3 Å². The fraction of sp³-hybridized carbons (Fsp3) is 0.259. The van der Waals surface area contributed by atoms with Crippen LogP contribution in [0.1, 0.15) is 21.5 Å². The third-order valence-corrected chi connectivity index (χ3v) is 6.53. The van der Waals surface area contributed by atoms with Crippen molar-refractivity contribution in [3.05, 3.63) is 93.6 Å². The molecule has 0 radical (unpaired) electrons. The summed E-state index contributed by atoms with van der Waals surface area (Å²) in [5.74, 6) is -0.845. The number of esters is 1.